The second kappa shape index (κ2) is 9.40. The molecule has 0 atom stereocenters. The number of halogens is 2. The van der Waals surface area contributed by atoms with E-state index < -0.39 is 16.9 Å². The first-order valence-electron chi connectivity index (χ1n) is 11.1. The van der Waals surface area contributed by atoms with Crippen LogP contribution in [0.2, 0.25) is 5.02 Å². The molecule has 1 fully saturated rings. The van der Waals surface area contributed by atoms with Crippen LogP contribution in [0.5, 0.6) is 0 Å². The zero-order chi connectivity index (χ0) is 23.8. The summed E-state index contributed by atoms with van der Waals surface area (Å²) in [7, 11) is 3.14. The summed E-state index contributed by atoms with van der Waals surface area (Å²) < 4.78 is 25.7. The lowest BCUT2D eigenvalue weighted by molar-refractivity contribution is 0.000436. The maximum atomic E-state index is 16.4. The number of methoxy groups -OCH3 is 1. The predicted molar refractivity (Wildman–Crippen MR) is 124 cm³/mol. The molecule has 1 aliphatic carbocycles. The third-order valence-electron chi connectivity index (χ3n) is 6.49. The van der Waals surface area contributed by atoms with Crippen molar-refractivity contribution in [1.82, 2.24) is 18.7 Å². The molecular formula is C23H28ClFN4O4. The molecule has 2 aromatic heterocycles. The number of alkyl halides is 1. The second-order valence-electron chi connectivity index (χ2n) is 8.60. The van der Waals surface area contributed by atoms with Crippen LogP contribution in [0, 0.1) is 0 Å². The van der Waals surface area contributed by atoms with Crippen LogP contribution in [-0.4, -0.2) is 43.6 Å². The van der Waals surface area contributed by atoms with Crippen molar-refractivity contribution in [3.05, 3.63) is 61.5 Å². The normalized spacial score (nSPS) is 21.1. The Bertz CT molecular complexity index is 1260. The van der Waals surface area contributed by atoms with E-state index in [-0.39, 0.29) is 62.1 Å². The lowest BCUT2D eigenvalue weighted by atomic mass is 9.84. The number of aromatic nitrogens is 4. The van der Waals surface area contributed by atoms with Crippen LogP contribution >= 0.6 is 11.6 Å². The average molecular weight is 479 g/mol. The van der Waals surface area contributed by atoms with Crippen LogP contribution in [-0.2, 0) is 30.5 Å². The van der Waals surface area contributed by atoms with Gasteiger partial charge < -0.3 is 14.4 Å². The second-order valence-corrected chi connectivity index (χ2v) is 9.03. The Labute approximate surface area is 195 Å². The standard InChI is InChI=1S/C23H28ClFN4O4/c1-27-19-18(20(31)28(22(27)32)12-3-13-30)29(14-15-4-6-16(24)7-5-15)21(26-19)23(25)10-8-17(33-2)9-11-23/h4-7,17,30H,3,8-14H2,1-2H3. The van der Waals surface area contributed by atoms with Crippen LogP contribution in [0.3, 0.4) is 0 Å². The van der Waals surface area contributed by atoms with Crippen LogP contribution in [0.15, 0.2) is 33.9 Å². The SMILES string of the molecule is COC1CCC(F)(c2nc3c(c(=O)n(CCCO)c(=O)n3C)n2Cc2ccc(Cl)cc2)CC1. The Morgan fingerprint density at radius 1 is 1.21 bits per heavy atom. The van der Waals surface area contributed by atoms with Gasteiger partial charge in [-0.15, -0.1) is 0 Å². The number of aliphatic hydroxyl groups is 1. The smallest absolute Gasteiger partial charge is 0.332 e. The molecule has 0 amide bonds. The lowest BCUT2D eigenvalue weighted by Crippen LogP contribution is -2.40. The third kappa shape index (κ3) is 4.37. The maximum absolute atomic E-state index is 16.4. The van der Waals surface area contributed by atoms with E-state index in [9.17, 15) is 14.7 Å². The highest BCUT2D eigenvalue weighted by Gasteiger charge is 2.42. The summed E-state index contributed by atoms with van der Waals surface area (Å²) >= 11 is 6.02. The Morgan fingerprint density at radius 3 is 2.48 bits per heavy atom. The van der Waals surface area contributed by atoms with Crippen LogP contribution < -0.4 is 11.2 Å². The quantitative estimate of drug-likeness (QED) is 0.564. The lowest BCUT2D eigenvalue weighted by Gasteiger charge is -2.33. The molecule has 2 heterocycles. The number of hydrogen-bond donors (Lipinski definition) is 1. The zero-order valence-corrected chi connectivity index (χ0v) is 19.5. The number of hydrogen-bond acceptors (Lipinski definition) is 5. The Morgan fingerprint density at radius 2 is 1.88 bits per heavy atom. The molecule has 1 aromatic carbocycles. The summed E-state index contributed by atoms with van der Waals surface area (Å²) in [6, 6.07) is 7.10. The molecule has 0 unspecified atom stereocenters. The maximum Gasteiger partial charge on any atom is 0.332 e. The molecule has 4 rings (SSSR count). The van der Waals surface area contributed by atoms with Gasteiger partial charge >= 0.3 is 5.69 Å². The molecule has 10 heteroatoms. The van der Waals surface area contributed by atoms with E-state index in [4.69, 9.17) is 16.3 Å². The van der Waals surface area contributed by atoms with Crippen molar-refractivity contribution in [3.8, 4) is 0 Å². The van der Waals surface area contributed by atoms with Crippen LogP contribution in [0.4, 0.5) is 4.39 Å². The van der Waals surface area contributed by atoms with Gasteiger partial charge in [0, 0.05) is 38.9 Å². The highest BCUT2D eigenvalue weighted by molar-refractivity contribution is 6.30. The first-order valence-corrected chi connectivity index (χ1v) is 11.4. The van der Waals surface area contributed by atoms with Gasteiger partial charge in [-0.05, 0) is 49.8 Å². The number of aryl methyl sites for hydroxylation is 1. The van der Waals surface area contributed by atoms with E-state index in [1.165, 1.54) is 11.6 Å². The van der Waals surface area contributed by atoms with Crippen LogP contribution in [0.1, 0.15) is 43.5 Å². The van der Waals surface area contributed by atoms with Crippen molar-refractivity contribution in [2.24, 2.45) is 7.05 Å². The third-order valence-corrected chi connectivity index (χ3v) is 6.74. The van der Waals surface area contributed by atoms with Crippen molar-refractivity contribution in [3.63, 3.8) is 0 Å². The summed E-state index contributed by atoms with van der Waals surface area (Å²) in [6.45, 7) is 0.114. The van der Waals surface area contributed by atoms with Gasteiger partial charge in [-0.3, -0.25) is 13.9 Å². The van der Waals surface area contributed by atoms with E-state index in [1.54, 1.807) is 23.8 Å². The van der Waals surface area contributed by atoms with Crippen molar-refractivity contribution in [1.29, 1.82) is 0 Å². The molecule has 178 valence electrons. The van der Waals surface area contributed by atoms with Crippen LogP contribution in [0.25, 0.3) is 11.2 Å². The van der Waals surface area contributed by atoms with E-state index in [0.29, 0.717) is 17.9 Å². The molecule has 0 bridgehead atoms. The molecule has 1 saturated carbocycles. The van der Waals surface area contributed by atoms with Gasteiger partial charge in [-0.2, -0.15) is 0 Å². The largest absolute Gasteiger partial charge is 0.396 e. The van der Waals surface area contributed by atoms with Gasteiger partial charge in [0.2, 0.25) is 0 Å². The van der Waals surface area contributed by atoms with Gasteiger partial charge in [-0.1, -0.05) is 23.7 Å². The van der Waals surface area contributed by atoms with E-state index in [0.717, 1.165) is 10.1 Å². The first-order chi connectivity index (χ1) is 15.8. The molecule has 0 aliphatic heterocycles. The fourth-order valence-electron chi connectivity index (χ4n) is 4.57. The average Bonchev–Trinajstić information content (AvgIpc) is 3.20. The van der Waals surface area contributed by atoms with Gasteiger partial charge in [0.1, 0.15) is 5.82 Å². The number of imidazole rings is 1. The summed E-state index contributed by atoms with van der Waals surface area (Å²) in [5.74, 6) is 0.147. The molecule has 0 radical (unpaired) electrons. The molecule has 0 spiro atoms. The number of fused-ring (bicyclic) bond motifs is 1. The fraction of sp³-hybridized carbons (Fsp3) is 0.522. The Balaban J connectivity index is 1.93. The van der Waals surface area contributed by atoms with E-state index in [1.807, 2.05) is 12.1 Å². The van der Waals surface area contributed by atoms with Gasteiger partial charge in [-0.25, -0.2) is 14.2 Å². The van der Waals surface area contributed by atoms with Crippen molar-refractivity contribution in [2.45, 2.75) is 57.0 Å². The zero-order valence-electron chi connectivity index (χ0n) is 18.8. The minimum atomic E-state index is -1.75. The molecule has 1 N–H and O–H groups in total. The van der Waals surface area contributed by atoms with Crippen molar-refractivity contribution < 1.29 is 14.2 Å². The monoisotopic (exact) mass is 478 g/mol. The van der Waals surface area contributed by atoms with Gasteiger partial charge in [0.05, 0.1) is 6.10 Å². The minimum absolute atomic E-state index is 0.0111. The summed E-state index contributed by atoms with van der Waals surface area (Å²) in [5.41, 5.74) is -1.68. The number of benzene rings is 1. The Hall–Kier alpha value is -2.49. The first kappa shape index (κ1) is 23.7. The number of nitrogens with zero attached hydrogens (tertiary/aromatic N) is 4. The van der Waals surface area contributed by atoms with Gasteiger partial charge in [0.15, 0.2) is 16.8 Å². The number of rotatable bonds is 7. The summed E-state index contributed by atoms with van der Waals surface area (Å²) in [4.78, 5) is 30.8. The van der Waals surface area contributed by atoms with Crippen molar-refractivity contribution >= 4 is 22.8 Å². The Kier molecular flexibility index (Phi) is 6.74. The molecule has 1 aliphatic rings. The van der Waals surface area contributed by atoms with Gasteiger partial charge in [0.25, 0.3) is 5.56 Å². The highest BCUT2D eigenvalue weighted by Crippen LogP contribution is 2.42. The summed E-state index contributed by atoms with van der Waals surface area (Å²) in [5, 5.41) is 9.77. The minimum Gasteiger partial charge on any atom is -0.396 e. The number of ether oxygens (including phenoxy) is 1. The van der Waals surface area contributed by atoms with E-state index in [2.05, 4.69) is 4.98 Å². The molecule has 8 nitrogen and oxygen atoms in total. The molecule has 3 aromatic rings. The summed E-state index contributed by atoms with van der Waals surface area (Å²) in [6.07, 6.45) is 1.74. The topological polar surface area (TPSA) is 91.3 Å². The molecule has 33 heavy (non-hydrogen) atoms. The predicted octanol–water partition coefficient (Wildman–Crippen LogP) is 2.73. The molecular weight excluding hydrogens is 451 g/mol. The fourth-order valence-corrected chi connectivity index (χ4v) is 4.70. The molecule has 0 saturated heterocycles. The van der Waals surface area contributed by atoms with Crippen molar-refractivity contribution in [2.75, 3.05) is 13.7 Å². The van der Waals surface area contributed by atoms with E-state index >= 15 is 4.39 Å². The highest BCUT2D eigenvalue weighted by atomic mass is 35.5. The number of aliphatic hydroxyl groups excluding tert-OH is 1.